The Bertz CT molecular complexity index is 500. The Balaban J connectivity index is 3.02. The maximum atomic E-state index is 12.6. The molecule has 0 heterocycles. The lowest BCUT2D eigenvalue weighted by molar-refractivity contribution is -0.131. The zero-order valence-electron chi connectivity index (χ0n) is 14.5. The van der Waals surface area contributed by atoms with Crippen molar-refractivity contribution < 1.29 is 9.59 Å². The predicted molar refractivity (Wildman–Crippen MR) is 91.1 cm³/mol. The van der Waals surface area contributed by atoms with Gasteiger partial charge in [-0.3, -0.25) is 9.59 Å². The molecule has 0 aliphatic rings. The third-order valence-corrected chi connectivity index (χ3v) is 3.72. The summed E-state index contributed by atoms with van der Waals surface area (Å²) in [7, 11) is 0. The van der Waals surface area contributed by atoms with Crippen LogP contribution in [0.25, 0.3) is 0 Å². The number of hydrogen-bond donors (Lipinski definition) is 0. The Morgan fingerprint density at radius 2 is 1.50 bits per heavy atom. The van der Waals surface area contributed by atoms with Crippen LogP contribution in [0.1, 0.15) is 44.7 Å². The van der Waals surface area contributed by atoms with Gasteiger partial charge in [-0.25, -0.2) is 0 Å². The van der Waals surface area contributed by atoms with E-state index in [0.717, 1.165) is 42.7 Å². The lowest BCUT2D eigenvalue weighted by Crippen LogP contribution is -2.43. The third-order valence-electron chi connectivity index (χ3n) is 3.72. The fourth-order valence-corrected chi connectivity index (χ4v) is 2.72. The molecule has 0 fully saturated rings. The molecule has 2 amide bonds. The monoisotopic (exact) mass is 304 g/mol. The first-order valence-corrected chi connectivity index (χ1v) is 8.04. The molecule has 0 aromatic heterocycles. The molecule has 122 valence electrons. The second-order valence-electron chi connectivity index (χ2n) is 5.73. The minimum absolute atomic E-state index is 0.0153. The number of benzene rings is 1. The van der Waals surface area contributed by atoms with Crippen LogP contribution in [-0.4, -0.2) is 36.3 Å². The summed E-state index contributed by atoms with van der Waals surface area (Å²) in [5.41, 5.74) is 2.89. The molecule has 1 aromatic rings. The van der Waals surface area contributed by atoms with Crippen molar-refractivity contribution in [2.24, 2.45) is 0 Å². The summed E-state index contributed by atoms with van der Waals surface area (Å²) < 4.78 is 0. The van der Waals surface area contributed by atoms with E-state index in [9.17, 15) is 9.59 Å². The van der Waals surface area contributed by atoms with E-state index < -0.39 is 0 Å². The molecule has 0 radical (unpaired) electrons. The minimum Gasteiger partial charge on any atom is -0.341 e. The minimum atomic E-state index is -0.0984. The first kappa shape index (κ1) is 18.2. The first-order valence-electron chi connectivity index (χ1n) is 8.04. The molecule has 1 rings (SSSR count). The summed E-state index contributed by atoms with van der Waals surface area (Å²) in [6.07, 6.45) is 1.85. The van der Waals surface area contributed by atoms with Crippen LogP contribution in [0.3, 0.4) is 0 Å². The van der Waals surface area contributed by atoms with Gasteiger partial charge in [-0.1, -0.05) is 32.0 Å². The number of hydrogen-bond acceptors (Lipinski definition) is 2. The Kier molecular flexibility index (Phi) is 7.09. The van der Waals surface area contributed by atoms with Crippen LogP contribution in [0, 0.1) is 13.8 Å². The highest BCUT2D eigenvalue weighted by Gasteiger charge is 2.22. The van der Waals surface area contributed by atoms with Crippen LogP contribution < -0.4 is 4.90 Å². The van der Waals surface area contributed by atoms with Crippen LogP contribution in [0.2, 0.25) is 0 Å². The molecule has 0 saturated heterocycles. The summed E-state index contributed by atoms with van der Waals surface area (Å²) in [5.74, 6) is -0.0831. The van der Waals surface area contributed by atoms with Crippen LogP contribution in [0.15, 0.2) is 18.2 Å². The number of aryl methyl sites for hydroxylation is 2. The zero-order valence-corrected chi connectivity index (χ0v) is 14.5. The zero-order chi connectivity index (χ0) is 16.7. The van der Waals surface area contributed by atoms with Crippen molar-refractivity contribution in [3.63, 3.8) is 0 Å². The molecule has 0 bridgehead atoms. The lowest BCUT2D eigenvalue weighted by atomic mass is 10.1. The van der Waals surface area contributed by atoms with Crippen molar-refractivity contribution in [3.8, 4) is 0 Å². The number of carbonyl (C=O) groups is 2. The van der Waals surface area contributed by atoms with Gasteiger partial charge in [-0.05, 0) is 37.8 Å². The number of amides is 2. The van der Waals surface area contributed by atoms with Crippen molar-refractivity contribution in [2.45, 2.75) is 47.5 Å². The van der Waals surface area contributed by atoms with Crippen molar-refractivity contribution in [1.29, 1.82) is 0 Å². The number of para-hydroxylation sites is 1. The summed E-state index contributed by atoms with van der Waals surface area (Å²) in [6, 6.07) is 5.91. The Morgan fingerprint density at radius 3 is 1.91 bits per heavy atom. The van der Waals surface area contributed by atoms with Crippen molar-refractivity contribution in [3.05, 3.63) is 29.3 Å². The second kappa shape index (κ2) is 8.57. The van der Waals surface area contributed by atoms with Gasteiger partial charge in [0.2, 0.25) is 11.8 Å². The van der Waals surface area contributed by atoms with Gasteiger partial charge in [0.1, 0.15) is 6.54 Å². The summed E-state index contributed by atoms with van der Waals surface area (Å²) >= 11 is 0. The average molecular weight is 304 g/mol. The predicted octanol–water partition coefficient (Wildman–Crippen LogP) is 3.30. The smallest absolute Gasteiger partial charge is 0.242 e. The van der Waals surface area contributed by atoms with Gasteiger partial charge >= 0.3 is 0 Å². The van der Waals surface area contributed by atoms with E-state index in [2.05, 4.69) is 13.8 Å². The molecule has 1 aromatic carbocycles. The molecule has 0 atom stereocenters. The SMILES string of the molecule is CCCN(CCC)C(=O)CN(C(C)=O)c1c(C)cccc1C. The quantitative estimate of drug-likeness (QED) is 0.775. The normalized spacial score (nSPS) is 10.4. The van der Waals surface area contributed by atoms with E-state index in [1.54, 1.807) is 4.90 Å². The van der Waals surface area contributed by atoms with E-state index in [1.165, 1.54) is 6.92 Å². The van der Waals surface area contributed by atoms with Crippen LogP contribution in [-0.2, 0) is 9.59 Å². The maximum Gasteiger partial charge on any atom is 0.242 e. The molecule has 0 aliphatic heterocycles. The molecule has 0 aliphatic carbocycles. The highest BCUT2D eigenvalue weighted by atomic mass is 16.2. The van der Waals surface area contributed by atoms with Gasteiger partial charge in [0.25, 0.3) is 0 Å². The van der Waals surface area contributed by atoms with Crippen LogP contribution in [0.4, 0.5) is 5.69 Å². The Hall–Kier alpha value is -1.84. The summed E-state index contributed by atoms with van der Waals surface area (Å²) in [6.45, 7) is 11.2. The first-order chi connectivity index (χ1) is 10.4. The molecular formula is C18H28N2O2. The summed E-state index contributed by atoms with van der Waals surface area (Å²) in [5, 5.41) is 0. The highest BCUT2D eigenvalue weighted by molar-refractivity contribution is 5.98. The van der Waals surface area contributed by atoms with Crippen molar-refractivity contribution in [1.82, 2.24) is 4.90 Å². The van der Waals surface area contributed by atoms with E-state index in [-0.39, 0.29) is 18.4 Å². The lowest BCUT2D eigenvalue weighted by Gasteiger charge is -2.28. The van der Waals surface area contributed by atoms with E-state index >= 15 is 0 Å². The fourth-order valence-electron chi connectivity index (χ4n) is 2.72. The van der Waals surface area contributed by atoms with Crippen molar-refractivity contribution >= 4 is 17.5 Å². The second-order valence-corrected chi connectivity index (χ2v) is 5.73. The number of rotatable bonds is 7. The standard InChI is InChI=1S/C18H28N2O2/c1-6-11-19(12-7-2)17(22)13-20(16(5)21)18-14(3)9-8-10-15(18)4/h8-10H,6-7,11-13H2,1-5H3. The number of anilines is 1. The average Bonchev–Trinajstić information content (AvgIpc) is 2.45. The fraction of sp³-hybridized carbons (Fsp3) is 0.556. The molecule has 4 nitrogen and oxygen atoms in total. The third kappa shape index (κ3) is 4.58. The largest absolute Gasteiger partial charge is 0.341 e. The topological polar surface area (TPSA) is 40.6 Å². The highest BCUT2D eigenvalue weighted by Crippen LogP contribution is 2.24. The van der Waals surface area contributed by atoms with Gasteiger partial charge in [-0.15, -0.1) is 0 Å². The van der Waals surface area contributed by atoms with E-state index in [4.69, 9.17) is 0 Å². The van der Waals surface area contributed by atoms with E-state index in [1.807, 2.05) is 36.9 Å². The molecule has 0 spiro atoms. The maximum absolute atomic E-state index is 12.6. The molecule has 0 N–H and O–H groups in total. The molecule has 4 heteroatoms. The van der Waals surface area contributed by atoms with Gasteiger partial charge in [0.15, 0.2) is 0 Å². The molecule has 22 heavy (non-hydrogen) atoms. The van der Waals surface area contributed by atoms with Gasteiger partial charge in [-0.2, -0.15) is 0 Å². The Morgan fingerprint density at radius 1 is 1.00 bits per heavy atom. The number of nitrogens with zero attached hydrogens (tertiary/aromatic N) is 2. The van der Waals surface area contributed by atoms with Crippen LogP contribution >= 0.6 is 0 Å². The Labute approximate surface area is 134 Å². The molecule has 0 saturated carbocycles. The molecule has 0 unspecified atom stereocenters. The van der Waals surface area contributed by atoms with Crippen molar-refractivity contribution in [2.75, 3.05) is 24.5 Å². The summed E-state index contributed by atoms with van der Waals surface area (Å²) in [4.78, 5) is 28.1. The van der Waals surface area contributed by atoms with Gasteiger partial charge in [0.05, 0.1) is 5.69 Å². The van der Waals surface area contributed by atoms with Crippen LogP contribution in [0.5, 0.6) is 0 Å². The van der Waals surface area contributed by atoms with E-state index in [0.29, 0.717) is 0 Å². The number of carbonyl (C=O) groups excluding carboxylic acids is 2. The molecular weight excluding hydrogens is 276 g/mol. The van der Waals surface area contributed by atoms with Gasteiger partial charge < -0.3 is 9.80 Å². The van der Waals surface area contributed by atoms with Gasteiger partial charge in [0, 0.05) is 20.0 Å².